The Morgan fingerprint density at radius 1 is 1.16 bits per heavy atom. The average molecular weight is 422 g/mol. The van der Waals surface area contributed by atoms with Gasteiger partial charge in [0.15, 0.2) is 0 Å². The Labute approximate surface area is 179 Å². The van der Waals surface area contributed by atoms with E-state index < -0.39 is 11.9 Å². The van der Waals surface area contributed by atoms with Gasteiger partial charge in [0.05, 0.1) is 31.6 Å². The average Bonchev–Trinajstić information content (AvgIpc) is 3.38. The zero-order valence-electron chi connectivity index (χ0n) is 17.2. The van der Waals surface area contributed by atoms with Crippen molar-refractivity contribution in [3.8, 4) is 0 Å². The van der Waals surface area contributed by atoms with Gasteiger partial charge in [-0.3, -0.25) is 4.79 Å². The summed E-state index contributed by atoms with van der Waals surface area (Å²) >= 11 is 0. The van der Waals surface area contributed by atoms with Crippen molar-refractivity contribution in [2.24, 2.45) is 0 Å². The number of rotatable bonds is 3. The highest BCUT2D eigenvalue weighted by molar-refractivity contribution is 6.36. The number of hydrogen-bond acceptors (Lipinski definition) is 5. The number of fused-ring (bicyclic) bond motifs is 2. The summed E-state index contributed by atoms with van der Waals surface area (Å²) in [7, 11) is 1.38. The molecule has 7 heteroatoms. The number of ether oxygens (including phenoxy) is 2. The molecule has 5 rings (SSSR count). The molecule has 1 fully saturated rings. The molecular weight excluding hydrogens is 399 g/mol. The Morgan fingerprint density at radius 2 is 2.00 bits per heavy atom. The molecule has 3 aliphatic heterocycles. The lowest BCUT2D eigenvalue weighted by atomic mass is 9.93. The summed E-state index contributed by atoms with van der Waals surface area (Å²) in [6.45, 7) is 1.66. The molecule has 6 nitrogen and oxygen atoms in total. The second-order valence-electron chi connectivity index (χ2n) is 8.07. The van der Waals surface area contributed by atoms with Crippen LogP contribution in [0.2, 0.25) is 0 Å². The van der Waals surface area contributed by atoms with Crippen molar-refractivity contribution in [3.05, 3.63) is 64.5 Å². The summed E-state index contributed by atoms with van der Waals surface area (Å²) in [5.74, 6) is -1.06. The van der Waals surface area contributed by atoms with Crippen molar-refractivity contribution in [1.82, 2.24) is 4.90 Å². The van der Waals surface area contributed by atoms with Gasteiger partial charge >= 0.3 is 5.97 Å². The molecule has 31 heavy (non-hydrogen) atoms. The summed E-state index contributed by atoms with van der Waals surface area (Å²) in [6, 6.07) is 9.72. The SMILES string of the molecule is COC(=O)C1CCCCN1C(=C1C(=O)Nc2ccc(F)cc21)c1ccc2c(c1)COC2. The van der Waals surface area contributed by atoms with E-state index in [0.29, 0.717) is 48.7 Å². The van der Waals surface area contributed by atoms with E-state index in [4.69, 9.17) is 9.47 Å². The molecule has 0 bridgehead atoms. The largest absolute Gasteiger partial charge is 0.467 e. The maximum absolute atomic E-state index is 14.1. The first kappa shape index (κ1) is 19.8. The lowest BCUT2D eigenvalue weighted by molar-refractivity contribution is -0.146. The summed E-state index contributed by atoms with van der Waals surface area (Å²) in [5, 5.41) is 2.84. The predicted molar refractivity (Wildman–Crippen MR) is 113 cm³/mol. The van der Waals surface area contributed by atoms with Gasteiger partial charge in [-0.2, -0.15) is 0 Å². The highest BCUT2D eigenvalue weighted by Gasteiger charge is 2.37. The number of likely N-dealkylation sites (tertiary alicyclic amines) is 1. The fourth-order valence-electron chi connectivity index (χ4n) is 4.73. The number of carbonyl (C=O) groups excluding carboxylic acids is 2. The van der Waals surface area contributed by atoms with Crippen molar-refractivity contribution in [2.45, 2.75) is 38.5 Å². The summed E-state index contributed by atoms with van der Waals surface area (Å²) in [6.07, 6.45) is 2.42. The first-order chi connectivity index (χ1) is 15.1. The Hall–Kier alpha value is -3.19. The molecule has 0 radical (unpaired) electrons. The van der Waals surface area contributed by atoms with Crippen molar-refractivity contribution >= 4 is 28.8 Å². The van der Waals surface area contributed by atoms with Gasteiger partial charge in [-0.05, 0) is 60.2 Å². The number of anilines is 1. The molecule has 2 aromatic carbocycles. The van der Waals surface area contributed by atoms with Gasteiger partial charge in [0.25, 0.3) is 5.91 Å². The molecule has 0 saturated carbocycles. The molecule has 0 aliphatic carbocycles. The van der Waals surface area contributed by atoms with E-state index in [1.165, 1.54) is 19.2 Å². The van der Waals surface area contributed by atoms with Crippen LogP contribution in [0.3, 0.4) is 0 Å². The van der Waals surface area contributed by atoms with Gasteiger partial charge in [0, 0.05) is 17.8 Å². The molecule has 2 aromatic rings. The Kier molecular flexibility index (Phi) is 4.98. The van der Waals surface area contributed by atoms with Crippen LogP contribution in [0.1, 0.15) is 41.5 Å². The third-order valence-electron chi connectivity index (χ3n) is 6.22. The number of halogens is 1. The quantitative estimate of drug-likeness (QED) is 0.604. The zero-order valence-corrected chi connectivity index (χ0v) is 17.2. The molecule has 0 aromatic heterocycles. The van der Waals surface area contributed by atoms with E-state index >= 15 is 0 Å². The molecule has 3 heterocycles. The number of carbonyl (C=O) groups is 2. The lowest BCUT2D eigenvalue weighted by Crippen LogP contribution is -2.44. The Bertz CT molecular complexity index is 1110. The highest BCUT2D eigenvalue weighted by atomic mass is 19.1. The maximum atomic E-state index is 14.1. The van der Waals surface area contributed by atoms with Gasteiger partial charge in [-0.1, -0.05) is 12.1 Å². The summed E-state index contributed by atoms with van der Waals surface area (Å²) in [5.41, 5.74) is 5.05. The van der Waals surface area contributed by atoms with Gasteiger partial charge in [-0.25, -0.2) is 9.18 Å². The number of amides is 1. The van der Waals surface area contributed by atoms with Gasteiger partial charge < -0.3 is 19.7 Å². The third kappa shape index (κ3) is 3.39. The van der Waals surface area contributed by atoms with E-state index in [1.807, 2.05) is 23.1 Å². The fourth-order valence-corrected chi connectivity index (χ4v) is 4.73. The molecule has 1 amide bonds. The van der Waals surface area contributed by atoms with E-state index in [1.54, 1.807) is 6.07 Å². The number of piperidine rings is 1. The van der Waals surface area contributed by atoms with Gasteiger partial charge in [0.2, 0.25) is 0 Å². The Balaban J connectivity index is 1.74. The zero-order chi connectivity index (χ0) is 21.5. The van der Waals surface area contributed by atoms with Crippen LogP contribution in [-0.4, -0.2) is 36.5 Å². The molecule has 160 valence electrons. The van der Waals surface area contributed by atoms with Crippen LogP contribution < -0.4 is 5.32 Å². The molecule has 0 spiro atoms. The van der Waals surface area contributed by atoms with Crippen molar-refractivity contribution in [2.75, 3.05) is 19.0 Å². The highest BCUT2D eigenvalue weighted by Crippen LogP contribution is 2.41. The summed E-state index contributed by atoms with van der Waals surface area (Å²) < 4.78 is 24.8. The van der Waals surface area contributed by atoms with Crippen molar-refractivity contribution in [1.29, 1.82) is 0 Å². The minimum Gasteiger partial charge on any atom is -0.467 e. The number of esters is 1. The molecule has 1 unspecified atom stereocenters. The Morgan fingerprint density at radius 3 is 2.84 bits per heavy atom. The minimum absolute atomic E-state index is 0.304. The van der Waals surface area contributed by atoms with E-state index in [-0.39, 0.29) is 11.9 Å². The lowest BCUT2D eigenvalue weighted by Gasteiger charge is -2.38. The molecule has 1 atom stereocenters. The normalized spacial score (nSPS) is 21.4. The monoisotopic (exact) mass is 422 g/mol. The van der Waals surface area contributed by atoms with Crippen LogP contribution in [0, 0.1) is 5.82 Å². The second-order valence-corrected chi connectivity index (χ2v) is 8.07. The van der Waals surface area contributed by atoms with Gasteiger partial charge in [-0.15, -0.1) is 0 Å². The number of benzene rings is 2. The number of nitrogens with zero attached hydrogens (tertiary/aromatic N) is 1. The van der Waals surface area contributed by atoms with E-state index in [0.717, 1.165) is 29.5 Å². The second kappa shape index (κ2) is 7.81. The smallest absolute Gasteiger partial charge is 0.328 e. The summed E-state index contributed by atoms with van der Waals surface area (Å²) in [4.78, 5) is 27.7. The number of nitrogens with one attached hydrogen (secondary N) is 1. The third-order valence-corrected chi connectivity index (χ3v) is 6.22. The van der Waals surface area contributed by atoms with Crippen LogP contribution in [0.5, 0.6) is 0 Å². The number of hydrogen-bond donors (Lipinski definition) is 1. The van der Waals surface area contributed by atoms with Crippen molar-refractivity contribution < 1.29 is 23.5 Å². The minimum atomic E-state index is -0.504. The van der Waals surface area contributed by atoms with Crippen LogP contribution in [0.15, 0.2) is 36.4 Å². The predicted octanol–water partition coefficient (Wildman–Crippen LogP) is 3.70. The molecule has 3 aliphatic rings. The van der Waals surface area contributed by atoms with E-state index in [9.17, 15) is 14.0 Å². The van der Waals surface area contributed by atoms with Gasteiger partial charge in [0.1, 0.15) is 11.9 Å². The van der Waals surface area contributed by atoms with Crippen LogP contribution in [0.4, 0.5) is 10.1 Å². The molecular formula is C24H23FN2O4. The van der Waals surface area contributed by atoms with Crippen molar-refractivity contribution in [3.63, 3.8) is 0 Å². The molecule has 1 saturated heterocycles. The fraction of sp³-hybridized carbons (Fsp3) is 0.333. The van der Waals surface area contributed by atoms with Crippen LogP contribution >= 0.6 is 0 Å². The maximum Gasteiger partial charge on any atom is 0.328 e. The first-order valence-corrected chi connectivity index (χ1v) is 10.5. The standard InChI is InChI=1S/C24H23FN2O4/c1-30-24(29)20-4-2-3-9-27(20)22(14-5-6-15-12-31-13-16(15)10-14)21-18-11-17(25)7-8-19(18)26-23(21)28/h5-8,10-11,20H,2-4,9,12-13H2,1H3,(H,26,28). The first-order valence-electron chi connectivity index (χ1n) is 10.5. The van der Waals surface area contributed by atoms with Crippen LogP contribution in [-0.2, 0) is 32.3 Å². The van der Waals surface area contributed by atoms with E-state index in [2.05, 4.69) is 5.32 Å². The topological polar surface area (TPSA) is 67.9 Å². The number of methoxy groups -OCH3 is 1. The van der Waals surface area contributed by atoms with Crippen LogP contribution in [0.25, 0.3) is 11.3 Å². The molecule has 1 N–H and O–H groups in total.